The summed E-state index contributed by atoms with van der Waals surface area (Å²) in [5.74, 6) is 1.71. The van der Waals surface area contributed by atoms with Gasteiger partial charge in [-0.25, -0.2) is 0 Å². The van der Waals surface area contributed by atoms with Crippen molar-refractivity contribution < 1.29 is 14.6 Å². The van der Waals surface area contributed by atoms with Crippen LogP contribution >= 0.6 is 0 Å². The summed E-state index contributed by atoms with van der Waals surface area (Å²) in [7, 11) is 1.64. The minimum Gasteiger partial charge on any atom is -0.497 e. The number of aliphatic hydroxyl groups is 1. The van der Waals surface area contributed by atoms with Crippen molar-refractivity contribution in [2.24, 2.45) is 4.99 Å². The third kappa shape index (κ3) is 6.59. The molecule has 2 rings (SSSR count). The normalized spacial score (nSPS) is 12.3. The lowest BCUT2D eigenvalue weighted by atomic mass is 10.1. The van der Waals surface area contributed by atoms with Crippen molar-refractivity contribution in [1.29, 1.82) is 0 Å². The number of aliphatic imine (C=N–C) groups is 1. The highest BCUT2D eigenvalue weighted by Crippen LogP contribution is 2.15. The zero-order chi connectivity index (χ0) is 17.9. The van der Waals surface area contributed by atoms with Gasteiger partial charge >= 0.3 is 0 Å². The molecular formula is C21H27NO3. The van der Waals surface area contributed by atoms with Crippen molar-refractivity contribution in [1.82, 2.24) is 0 Å². The Morgan fingerprint density at radius 2 is 1.72 bits per heavy atom. The van der Waals surface area contributed by atoms with Gasteiger partial charge in [-0.3, -0.25) is 4.99 Å². The quantitative estimate of drug-likeness (QED) is 0.527. The second-order valence-corrected chi connectivity index (χ2v) is 5.94. The van der Waals surface area contributed by atoms with Crippen LogP contribution in [0.15, 0.2) is 53.5 Å². The number of hydrogen-bond acceptors (Lipinski definition) is 4. The lowest BCUT2D eigenvalue weighted by Crippen LogP contribution is -2.14. The van der Waals surface area contributed by atoms with Gasteiger partial charge in [-0.1, -0.05) is 25.5 Å². The number of rotatable bonds is 10. The van der Waals surface area contributed by atoms with Gasteiger partial charge in [0, 0.05) is 6.21 Å². The van der Waals surface area contributed by atoms with Crippen molar-refractivity contribution in [3.63, 3.8) is 0 Å². The summed E-state index contributed by atoms with van der Waals surface area (Å²) in [6, 6.07) is 15.5. The Kier molecular flexibility index (Phi) is 7.99. The van der Waals surface area contributed by atoms with Crippen LogP contribution in [0.5, 0.6) is 11.5 Å². The first kappa shape index (κ1) is 19.0. The molecule has 0 aromatic heterocycles. The molecule has 0 saturated heterocycles. The molecule has 0 amide bonds. The van der Waals surface area contributed by atoms with E-state index in [-0.39, 0.29) is 12.6 Å². The van der Waals surface area contributed by atoms with Crippen molar-refractivity contribution in [2.75, 3.05) is 20.3 Å². The maximum atomic E-state index is 9.59. The van der Waals surface area contributed by atoms with E-state index in [2.05, 4.69) is 11.9 Å². The Morgan fingerprint density at radius 1 is 1.04 bits per heavy atom. The third-order valence-corrected chi connectivity index (χ3v) is 3.92. The van der Waals surface area contributed by atoms with Gasteiger partial charge < -0.3 is 14.6 Å². The van der Waals surface area contributed by atoms with Crippen molar-refractivity contribution in [3.05, 3.63) is 59.7 Å². The van der Waals surface area contributed by atoms with Crippen LogP contribution in [-0.4, -0.2) is 37.7 Å². The van der Waals surface area contributed by atoms with Gasteiger partial charge in [0.2, 0.25) is 0 Å². The van der Waals surface area contributed by atoms with Gasteiger partial charge in [0.25, 0.3) is 0 Å². The summed E-state index contributed by atoms with van der Waals surface area (Å²) < 4.78 is 10.8. The fourth-order valence-electron chi connectivity index (χ4n) is 2.37. The second-order valence-electron chi connectivity index (χ2n) is 5.94. The summed E-state index contributed by atoms with van der Waals surface area (Å²) >= 11 is 0. The van der Waals surface area contributed by atoms with Gasteiger partial charge in [0.05, 0.1) is 26.4 Å². The Balaban J connectivity index is 1.90. The number of nitrogens with zero attached hydrogens (tertiary/aromatic N) is 1. The van der Waals surface area contributed by atoms with Crippen LogP contribution in [0.2, 0.25) is 0 Å². The van der Waals surface area contributed by atoms with Gasteiger partial charge in [0.15, 0.2) is 0 Å². The highest BCUT2D eigenvalue weighted by atomic mass is 16.5. The highest BCUT2D eigenvalue weighted by molar-refractivity contribution is 5.79. The Labute approximate surface area is 150 Å². The summed E-state index contributed by atoms with van der Waals surface area (Å²) in [5, 5.41) is 9.59. The number of ether oxygens (including phenoxy) is 2. The maximum absolute atomic E-state index is 9.59. The predicted molar refractivity (Wildman–Crippen MR) is 102 cm³/mol. The summed E-state index contributed by atoms with van der Waals surface area (Å²) in [6.07, 6.45) is 4.68. The monoisotopic (exact) mass is 341 g/mol. The molecule has 0 fully saturated rings. The van der Waals surface area contributed by atoms with E-state index in [1.165, 1.54) is 0 Å². The second kappa shape index (κ2) is 10.5. The van der Waals surface area contributed by atoms with E-state index in [4.69, 9.17) is 9.47 Å². The SMILES string of the molecule is CCCCOc1ccc(C[C@@H](CO)N=Cc2ccc(OC)cc2)cc1. The van der Waals surface area contributed by atoms with Crippen LogP contribution in [0.1, 0.15) is 30.9 Å². The van der Waals surface area contributed by atoms with Gasteiger partial charge in [-0.15, -0.1) is 0 Å². The summed E-state index contributed by atoms with van der Waals surface area (Å²) in [6.45, 7) is 2.91. The van der Waals surface area contributed by atoms with E-state index in [9.17, 15) is 5.11 Å². The van der Waals surface area contributed by atoms with Crippen LogP contribution in [0.3, 0.4) is 0 Å². The zero-order valence-electron chi connectivity index (χ0n) is 15.0. The molecule has 0 unspecified atom stereocenters. The van der Waals surface area contributed by atoms with E-state index in [0.29, 0.717) is 6.42 Å². The molecule has 25 heavy (non-hydrogen) atoms. The van der Waals surface area contributed by atoms with E-state index in [1.807, 2.05) is 48.5 Å². The fraction of sp³-hybridized carbons (Fsp3) is 0.381. The van der Waals surface area contributed by atoms with Crippen LogP contribution in [-0.2, 0) is 6.42 Å². The molecule has 134 valence electrons. The van der Waals surface area contributed by atoms with Crippen molar-refractivity contribution >= 4 is 6.21 Å². The average molecular weight is 341 g/mol. The molecule has 4 nitrogen and oxygen atoms in total. The lowest BCUT2D eigenvalue weighted by Gasteiger charge is -2.11. The Bertz CT molecular complexity index is 635. The first-order chi connectivity index (χ1) is 12.2. The smallest absolute Gasteiger partial charge is 0.119 e. The molecular weight excluding hydrogens is 314 g/mol. The topological polar surface area (TPSA) is 51.0 Å². The summed E-state index contributed by atoms with van der Waals surface area (Å²) in [4.78, 5) is 4.50. The predicted octanol–water partition coefficient (Wildman–Crippen LogP) is 3.90. The Hall–Kier alpha value is -2.33. The van der Waals surface area contributed by atoms with Crippen molar-refractivity contribution in [2.45, 2.75) is 32.2 Å². The standard InChI is InChI=1S/C21H27NO3/c1-3-4-13-25-21-11-5-17(6-12-21)14-19(16-23)22-15-18-7-9-20(24-2)10-8-18/h5-12,15,19,23H,3-4,13-14,16H2,1-2H3/t19-/m0/s1. The van der Waals surface area contributed by atoms with Gasteiger partial charge in [0.1, 0.15) is 11.5 Å². The van der Waals surface area contributed by atoms with Gasteiger partial charge in [-0.2, -0.15) is 0 Å². The third-order valence-electron chi connectivity index (χ3n) is 3.92. The molecule has 4 heteroatoms. The van der Waals surface area contributed by atoms with E-state index < -0.39 is 0 Å². The summed E-state index contributed by atoms with van der Waals surface area (Å²) in [5.41, 5.74) is 2.12. The van der Waals surface area contributed by atoms with Crippen LogP contribution < -0.4 is 9.47 Å². The van der Waals surface area contributed by atoms with Gasteiger partial charge in [-0.05, 0) is 60.4 Å². The number of unbranched alkanes of at least 4 members (excludes halogenated alkanes) is 1. The zero-order valence-corrected chi connectivity index (χ0v) is 15.0. The van der Waals surface area contributed by atoms with E-state index >= 15 is 0 Å². The first-order valence-corrected chi connectivity index (χ1v) is 8.75. The molecule has 0 radical (unpaired) electrons. The molecule has 0 saturated carbocycles. The number of methoxy groups -OCH3 is 1. The minimum atomic E-state index is -0.158. The average Bonchev–Trinajstić information content (AvgIpc) is 2.67. The molecule has 0 bridgehead atoms. The molecule has 0 spiro atoms. The van der Waals surface area contributed by atoms with Crippen molar-refractivity contribution in [3.8, 4) is 11.5 Å². The number of benzene rings is 2. The van der Waals surface area contributed by atoms with Crippen LogP contribution in [0, 0.1) is 0 Å². The van der Waals surface area contributed by atoms with E-state index in [1.54, 1.807) is 13.3 Å². The molecule has 2 aromatic rings. The highest BCUT2D eigenvalue weighted by Gasteiger charge is 2.06. The first-order valence-electron chi connectivity index (χ1n) is 8.75. The molecule has 0 aliphatic carbocycles. The fourth-order valence-corrected chi connectivity index (χ4v) is 2.37. The van der Waals surface area contributed by atoms with Crippen LogP contribution in [0.25, 0.3) is 0 Å². The number of aliphatic hydroxyl groups excluding tert-OH is 1. The molecule has 0 heterocycles. The molecule has 0 aliphatic heterocycles. The molecule has 1 N–H and O–H groups in total. The number of hydrogen-bond donors (Lipinski definition) is 1. The lowest BCUT2D eigenvalue weighted by molar-refractivity contribution is 0.266. The Morgan fingerprint density at radius 3 is 2.32 bits per heavy atom. The largest absolute Gasteiger partial charge is 0.497 e. The minimum absolute atomic E-state index is 0.0153. The molecule has 1 atom stereocenters. The van der Waals surface area contributed by atoms with E-state index in [0.717, 1.165) is 42.1 Å². The maximum Gasteiger partial charge on any atom is 0.119 e. The molecule has 2 aromatic carbocycles. The molecule has 0 aliphatic rings. The van der Waals surface area contributed by atoms with Crippen LogP contribution in [0.4, 0.5) is 0 Å².